The molecule has 1 aliphatic heterocycles. The molecule has 0 bridgehead atoms. The van der Waals surface area contributed by atoms with Crippen LogP contribution in [0.25, 0.3) is 0 Å². The third-order valence-electron chi connectivity index (χ3n) is 7.87. The van der Waals surface area contributed by atoms with Gasteiger partial charge in [-0.25, -0.2) is 9.59 Å². The molecule has 3 rings (SSSR count). The molecule has 0 aliphatic carbocycles. The van der Waals surface area contributed by atoms with E-state index in [2.05, 4.69) is 15.5 Å². The third kappa shape index (κ3) is 11.0. The molecule has 4 atom stereocenters. The summed E-state index contributed by atoms with van der Waals surface area (Å²) in [5.74, 6) is -0.922. The fourth-order valence-electron chi connectivity index (χ4n) is 5.33. The van der Waals surface area contributed by atoms with Gasteiger partial charge in [-0.2, -0.15) is 0 Å². The zero-order valence-corrected chi connectivity index (χ0v) is 27.4. The van der Waals surface area contributed by atoms with Crippen LogP contribution in [-0.4, -0.2) is 95.6 Å². The van der Waals surface area contributed by atoms with E-state index in [1.54, 1.807) is 42.2 Å². The zero-order chi connectivity index (χ0) is 33.1. The van der Waals surface area contributed by atoms with E-state index < -0.39 is 12.0 Å². The number of urea groups is 1. The molecule has 0 radical (unpaired) electrons. The van der Waals surface area contributed by atoms with Gasteiger partial charge in [-0.05, 0) is 89.9 Å². The van der Waals surface area contributed by atoms with Gasteiger partial charge in [-0.1, -0.05) is 19.1 Å². The Kier molecular flexibility index (Phi) is 13.6. The quantitative estimate of drug-likeness (QED) is 0.310. The minimum absolute atomic E-state index is 0.0535. The first-order valence-electron chi connectivity index (χ1n) is 15.8. The van der Waals surface area contributed by atoms with E-state index in [1.807, 2.05) is 46.9 Å². The molecule has 0 aromatic heterocycles. The molecule has 0 saturated heterocycles. The molecule has 4 N–H and O–H groups in total. The van der Waals surface area contributed by atoms with Gasteiger partial charge in [-0.3, -0.25) is 9.69 Å². The number of anilines is 1. The standard InChI is InChI=1S/C34H50N4O7/c1-22(2)35-34(43)36-28-14-15-30-29(17-28)32(40)38(24(4)21-39)18-23(3)31(44-16-8-7-9-25(5)45-30)20-37(6)19-26-10-12-27(13-11-26)33(41)42/h10-15,17,22-25,31,39H,7-9,16,18-21H2,1-6H3,(H,41,42)(H2,35,36,43)/t23-,24-,25-,31+/m0/s1. The van der Waals surface area contributed by atoms with Crippen LogP contribution >= 0.6 is 0 Å². The molecule has 2 aromatic carbocycles. The number of fused-ring (bicyclic) bond motifs is 1. The lowest BCUT2D eigenvalue weighted by Crippen LogP contribution is -2.47. The average molecular weight is 627 g/mol. The molecule has 0 saturated carbocycles. The van der Waals surface area contributed by atoms with E-state index in [1.165, 1.54) is 0 Å². The Morgan fingerprint density at radius 3 is 2.44 bits per heavy atom. The SMILES string of the molecule is CC(C)NC(=O)Nc1ccc2c(c1)C(=O)N([C@@H](C)CO)C[C@H](C)[C@@H](CN(C)Cc1ccc(C(=O)O)cc1)OCCCC[C@H](C)O2. The minimum atomic E-state index is -0.958. The number of likely N-dealkylation sites (N-methyl/N-ethyl adjacent to an activating group) is 1. The van der Waals surface area contributed by atoms with Gasteiger partial charge in [0.05, 0.1) is 36.0 Å². The molecule has 248 valence electrons. The van der Waals surface area contributed by atoms with Crippen molar-refractivity contribution in [3.8, 4) is 5.75 Å². The van der Waals surface area contributed by atoms with Crippen LogP contribution in [0.1, 0.15) is 80.2 Å². The number of carboxylic acids is 1. The van der Waals surface area contributed by atoms with Crippen molar-refractivity contribution in [2.24, 2.45) is 5.92 Å². The van der Waals surface area contributed by atoms with E-state index in [0.717, 1.165) is 24.8 Å². The number of hydrogen-bond donors (Lipinski definition) is 4. The van der Waals surface area contributed by atoms with Crippen molar-refractivity contribution >= 4 is 23.6 Å². The maximum absolute atomic E-state index is 14.2. The lowest BCUT2D eigenvalue weighted by Gasteiger charge is -2.36. The number of nitrogens with zero attached hydrogens (tertiary/aromatic N) is 2. The van der Waals surface area contributed by atoms with Gasteiger partial charge in [0.2, 0.25) is 0 Å². The number of carbonyl (C=O) groups is 3. The van der Waals surface area contributed by atoms with Gasteiger partial charge < -0.3 is 35.2 Å². The predicted octanol–water partition coefficient (Wildman–Crippen LogP) is 4.84. The maximum atomic E-state index is 14.2. The van der Waals surface area contributed by atoms with Crippen LogP contribution < -0.4 is 15.4 Å². The first kappa shape index (κ1) is 35.8. The van der Waals surface area contributed by atoms with Crippen LogP contribution in [0.15, 0.2) is 42.5 Å². The number of carboxylic acid groups (broad SMARTS) is 1. The number of amides is 3. The Morgan fingerprint density at radius 2 is 1.80 bits per heavy atom. The number of aliphatic hydroxyl groups excluding tert-OH is 1. The first-order valence-corrected chi connectivity index (χ1v) is 15.8. The van der Waals surface area contributed by atoms with Crippen LogP contribution in [0.3, 0.4) is 0 Å². The topological polar surface area (TPSA) is 141 Å². The Bertz CT molecular complexity index is 1270. The highest BCUT2D eigenvalue weighted by Crippen LogP contribution is 2.28. The molecular weight excluding hydrogens is 576 g/mol. The summed E-state index contributed by atoms with van der Waals surface area (Å²) in [4.78, 5) is 41.7. The lowest BCUT2D eigenvalue weighted by atomic mass is 10.0. The first-order chi connectivity index (χ1) is 21.4. The van der Waals surface area contributed by atoms with Crippen LogP contribution in [0.4, 0.5) is 10.5 Å². The largest absolute Gasteiger partial charge is 0.490 e. The van der Waals surface area contributed by atoms with E-state index in [9.17, 15) is 24.6 Å². The smallest absolute Gasteiger partial charge is 0.335 e. The van der Waals surface area contributed by atoms with Crippen molar-refractivity contribution in [2.45, 2.75) is 84.7 Å². The molecule has 0 fully saturated rings. The van der Waals surface area contributed by atoms with Crippen molar-refractivity contribution in [1.82, 2.24) is 15.1 Å². The van der Waals surface area contributed by atoms with Crippen LogP contribution in [0, 0.1) is 5.92 Å². The second kappa shape index (κ2) is 17.1. The second-order valence-electron chi connectivity index (χ2n) is 12.5. The molecule has 11 nitrogen and oxygen atoms in total. The Hall–Kier alpha value is -3.67. The number of benzene rings is 2. The van der Waals surface area contributed by atoms with Gasteiger partial charge in [0, 0.05) is 43.9 Å². The summed E-state index contributed by atoms with van der Waals surface area (Å²) in [5.41, 5.74) is 2.00. The van der Waals surface area contributed by atoms with Crippen LogP contribution in [0.5, 0.6) is 5.75 Å². The predicted molar refractivity (Wildman–Crippen MR) is 174 cm³/mol. The molecule has 0 unspecified atom stereocenters. The van der Waals surface area contributed by atoms with E-state index in [4.69, 9.17) is 9.47 Å². The molecular formula is C34H50N4O7. The Balaban J connectivity index is 1.88. The fourth-order valence-corrected chi connectivity index (χ4v) is 5.33. The number of aliphatic hydroxyl groups is 1. The molecule has 3 amide bonds. The van der Waals surface area contributed by atoms with Gasteiger partial charge in [0.15, 0.2) is 0 Å². The summed E-state index contributed by atoms with van der Waals surface area (Å²) in [7, 11) is 1.99. The Morgan fingerprint density at radius 1 is 1.09 bits per heavy atom. The molecule has 45 heavy (non-hydrogen) atoms. The van der Waals surface area contributed by atoms with Gasteiger partial charge >= 0.3 is 12.0 Å². The molecule has 0 spiro atoms. The van der Waals surface area contributed by atoms with Crippen LogP contribution in [-0.2, 0) is 11.3 Å². The van der Waals surface area contributed by atoms with Crippen LogP contribution in [0.2, 0.25) is 0 Å². The highest BCUT2D eigenvalue weighted by Gasteiger charge is 2.30. The van der Waals surface area contributed by atoms with E-state index >= 15 is 0 Å². The summed E-state index contributed by atoms with van der Waals surface area (Å²) < 4.78 is 12.7. The highest BCUT2D eigenvalue weighted by atomic mass is 16.5. The van der Waals surface area contributed by atoms with Gasteiger partial charge in [0.1, 0.15) is 5.75 Å². The number of ether oxygens (including phenoxy) is 2. The molecule has 1 aliphatic rings. The monoisotopic (exact) mass is 626 g/mol. The van der Waals surface area contributed by atoms with Gasteiger partial charge in [-0.15, -0.1) is 0 Å². The second-order valence-corrected chi connectivity index (χ2v) is 12.5. The molecule has 11 heteroatoms. The van der Waals surface area contributed by atoms with Crippen molar-refractivity contribution in [1.29, 1.82) is 0 Å². The average Bonchev–Trinajstić information content (AvgIpc) is 2.98. The number of rotatable bonds is 9. The number of aromatic carboxylic acids is 1. The van der Waals surface area contributed by atoms with E-state index in [-0.39, 0.29) is 48.3 Å². The maximum Gasteiger partial charge on any atom is 0.335 e. The fraction of sp³-hybridized carbons (Fsp3) is 0.559. The lowest BCUT2D eigenvalue weighted by molar-refractivity contribution is -0.0177. The normalized spacial score (nSPS) is 20.6. The van der Waals surface area contributed by atoms with Crippen molar-refractivity contribution < 1.29 is 34.1 Å². The number of nitrogens with one attached hydrogen (secondary N) is 2. The third-order valence-corrected chi connectivity index (χ3v) is 7.87. The van der Waals surface area contributed by atoms with Gasteiger partial charge in [0.25, 0.3) is 5.91 Å². The minimum Gasteiger partial charge on any atom is -0.490 e. The molecule has 1 heterocycles. The summed E-state index contributed by atoms with van der Waals surface area (Å²) >= 11 is 0. The summed E-state index contributed by atoms with van der Waals surface area (Å²) in [5, 5.41) is 25.0. The van der Waals surface area contributed by atoms with Crippen molar-refractivity contribution in [3.63, 3.8) is 0 Å². The van der Waals surface area contributed by atoms with Crippen molar-refractivity contribution in [2.75, 3.05) is 38.7 Å². The summed E-state index contributed by atoms with van der Waals surface area (Å²) in [6, 6.07) is 11.0. The summed E-state index contributed by atoms with van der Waals surface area (Å²) in [6.07, 6.45) is 2.16. The molecule has 2 aromatic rings. The highest BCUT2D eigenvalue weighted by molar-refractivity contribution is 5.99. The van der Waals surface area contributed by atoms with Crippen molar-refractivity contribution in [3.05, 3.63) is 59.2 Å². The number of hydrogen-bond acceptors (Lipinski definition) is 7. The van der Waals surface area contributed by atoms with E-state index in [0.29, 0.717) is 43.2 Å². The number of carbonyl (C=O) groups excluding carboxylic acids is 2. The zero-order valence-electron chi connectivity index (χ0n) is 27.4. The Labute approximate surface area is 266 Å². The summed E-state index contributed by atoms with van der Waals surface area (Å²) in [6.45, 7) is 11.4.